The first-order valence-corrected chi connectivity index (χ1v) is 5.51. The highest BCUT2D eigenvalue weighted by molar-refractivity contribution is 4.86. The molecular formula is C11H21N. The summed E-state index contributed by atoms with van der Waals surface area (Å²) in [5.41, 5.74) is 0. The maximum atomic E-state index is 2.73. The Kier molecular flexibility index (Phi) is 2.40. The van der Waals surface area contributed by atoms with Crippen molar-refractivity contribution in [1.82, 2.24) is 4.90 Å². The van der Waals surface area contributed by atoms with E-state index in [-0.39, 0.29) is 0 Å². The summed E-state index contributed by atoms with van der Waals surface area (Å²) < 4.78 is 0. The quantitative estimate of drug-likeness (QED) is 0.611. The summed E-state index contributed by atoms with van der Waals surface area (Å²) in [5, 5.41) is 0. The molecule has 1 saturated carbocycles. The highest BCUT2D eigenvalue weighted by Crippen LogP contribution is 2.32. The van der Waals surface area contributed by atoms with Crippen LogP contribution >= 0.6 is 0 Å². The van der Waals surface area contributed by atoms with E-state index in [1.165, 1.54) is 38.8 Å². The Morgan fingerprint density at radius 1 is 1.17 bits per heavy atom. The predicted octanol–water partition coefficient (Wildman–Crippen LogP) is 2.52. The molecule has 0 aromatic heterocycles. The van der Waals surface area contributed by atoms with Crippen LogP contribution in [0.4, 0.5) is 0 Å². The summed E-state index contributed by atoms with van der Waals surface area (Å²) in [6.45, 7) is 7.51. The molecule has 0 spiro atoms. The van der Waals surface area contributed by atoms with Gasteiger partial charge in [-0.05, 0) is 37.6 Å². The fraction of sp³-hybridized carbons (Fsp3) is 1.00. The van der Waals surface area contributed by atoms with Gasteiger partial charge in [0.15, 0.2) is 0 Å². The average molecular weight is 167 g/mol. The summed E-state index contributed by atoms with van der Waals surface area (Å²) in [5.74, 6) is 1.89. The van der Waals surface area contributed by atoms with Crippen LogP contribution in [0.25, 0.3) is 0 Å². The van der Waals surface area contributed by atoms with E-state index in [4.69, 9.17) is 0 Å². The van der Waals surface area contributed by atoms with Gasteiger partial charge < -0.3 is 4.90 Å². The first-order chi connectivity index (χ1) is 5.77. The van der Waals surface area contributed by atoms with Gasteiger partial charge in [-0.2, -0.15) is 0 Å². The molecule has 1 aliphatic heterocycles. The van der Waals surface area contributed by atoms with Crippen LogP contribution in [0.15, 0.2) is 0 Å². The molecule has 70 valence electrons. The highest BCUT2D eigenvalue weighted by Gasteiger charge is 2.32. The second-order valence-electron chi connectivity index (χ2n) is 4.87. The molecule has 0 bridgehead atoms. The fourth-order valence-electron chi connectivity index (χ4n) is 2.44. The molecule has 1 heteroatoms. The molecule has 0 aromatic carbocycles. The van der Waals surface area contributed by atoms with Crippen molar-refractivity contribution in [2.45, 2.75) is 45.6 Å². The van der Waals surface area contributed by atoms with Crippen LogP contribution in [-0.2, 0) is 0 Å². The van der Waals surface area contributed by atoms with Gasteiger partial charge in [0, 0.05) is 12.6 Å². The van der Waals surface area contributed by atoms with Gasteiger partial charge in [0.05, 0.1) is 0 Å². The van der Waals surface area contributed by atoms with Gasteiger partial charge in [-0.3, -0.25) is 0 Å². The maximum absolute atomic E-state index is 2.73. The molecular weight excluding hydrogens is 146 g/mol. The van der Waals surface area contributed by atoms with E-state index in [0.29, 0.717) is 0 Å². The lowest BCUT2D eigenvalue weighted by Crippen LogP contribution is -2.38. The molecule has 0 unspecified atom stereocenters. The van der Waals surface area contributed by atoms with Crippen LogP contribution in [0.1, 0.15) is 39.5 Å². The van der Waals surface area contributed by atoms with E-state index < -0.39 is 0 Å². The van der Waals surface area contributed by atoms with Crippen molar-refractivity contribution >= 4 is 0 Å². The Hall–Kier alpha value is -0.0400. The molecule has 2 fully saturated rings. The summed E-state index contributed by atoms with van der Waals surface area (Å²) >= 11 is 0. The van der Waals surface area contributed by atoms with Crippen molar-refractivity contribution < 1.29 is 0 Å². The molecule has 0 amide bonds. The lowest BCUT2D eigenvalue weighted by atomic mass is 9.91. The number of likely N-dealkylation sites (tertiary alicyclic amines) is 1. The minimum atomic E-state index is 0.898. The van der Waals surface area contributed by atoms with Gasteiger partial charge in [0.25, 0.3) is 0 Å². The van der Waals surface area contributed by atoms with Crippen LogP contribution in [0.5, 0.6) is 0 Å². The third-order valence-electron chi connectivity index (χ3n) is 3.79. The van der Waals surface area contributed by atoms with Crippen molar-refractivity contribution in [1.29, 1.82) is 0 Å². The van der Waals surface area contributed by atoms with Crippen LogP contribution in [0, 0.1) is 11.8 Å². The molecule has 1 heterocycles. The van der Waals surface area contributed by atoms with Gasteiger partial charge in [0.2, 0.25) is 0 Å². The molecule has 0 radical (unpaired) electrons. The summed E-state index contributed by atoms with van der Waals surface area (Å²) in [6.07, 6.45) is 5.89. The smallest absolute Gasteiger partial charge is 0.00953 e. The normalized spacial score (nSPS) is 32.8. The Morgan fingerprint density at radius 2 is 1.92 bits per heavy atom. The number of rotatable bonds is 2. The Labute approximate surface area is 76.1 Å². The Balaban J connectivity index is 1.81. The zero-order chi connectivity index (χ0) is 8.55. The topological polar surface area (TPSA) is 3.24 Å². The first-order valence-electron chi connectivity index (χ1n) is 5.51. The molecule has 0 aromatic rings. The summed E-state index contributed by atoms with van der Waals surface area (Å²) in [6, 6.07) is 0.980. The third-order valence-corrected chi connectivity index (χ3v) is 3.79. The number of hydrogen-bond acceptors (Lipinski definition) is 1. The Morgan fingerprint density at radius 3 is 2.33 bits per heavy atom. The van der Waals surface area contributed by atoms with Crippen molar-refractivity contribution in [2.75, 3.05) is 13.1 Å². The van der Waals surface area contributed by atoms with Crippen molar-refractivity contribution in [3.8, 4) is 0 Å². The second-order valence-corrected chi connectivity index (χ2v) is 4.87. The van der Waals surface area contributed by atoms with Gasteiger partial charge in [-0.25, -0.2) is 0 Å². The summed E-state index contributed by atoms with van der Waals surface area (Å²) in [4.78, 5) is 2.73. The number of hydrogen-bond donors (Lipinski definition) is 0. The molecule has 1 aliphatic carbocycles. The zero-order valence-corrected chi connectivity index (χ0v) is 8.42. The maximum Gasteiger partial charge on any atom is 0.00953 e. The van der Waals surface area contributed by atoms with E-state index in [2.05, 4.69) is 18.7 Å². The lowest BCUT2D eigenvalue weighted by molar-refractivity contribution is 0.149. The minimum absolute atomic E-state index is 0.898. The molecule has 1 atom stereocenters. The second kappa shape index (κ2) is 3.37. The molecule has 1 saturated heterocycles. The van der Waals surface area contributed by atoms with Crippen LogP contribution in [0.3, 0.4) is 0 Å². The monoisotopic (exact) mass is 167 g/mol. The van der Waals surface area contributed by atoms with E-state index in [0.717, 1.165) is 17.9 Å². The van der Waals surface area contributed by atoms with Crippen LogP contribution in [0.2, 0.25) is 0 Å². The third kappa shape index (κ3) is 1.52. The largest absolute Gasteiger partial charge is 0.300 e. The first kappa shape index (κ1) is 8.55. The van der Waals surface area contributed by atoms with Crippen molar-refractivity contribution in [3.63, 3.8) is 0 Å². The zero-order valence-electron chi connectivity index (χ0n) is 8.42. The van der Waals surface area contributed by atoms with E-state index in [1.54, 1.807) is 0 Å². The average Bonchev–Trinajstić information content (AvgIpc) is 2.32. The van der Waals surface area contributed by atoms with E-state index in [1.807, 2.05) is 0 Å². The van der Waals surface area contributed by atoms with Gasteiger partial charge in [0.1, 0.15) is 0 Å². The summed E-state index contributed by atoms with van der Waals surface area (Å²) in [7, 11) is 0. The molecule has 2 rings (SSSR count). The fourth-order valence-corrected chi connectivity index (χ4v) is 2.44. The standard InChI is InChI=1S/C11H21N/c1-9(2)10-6-7-12(8-10)11-4-3-5-11/h9-11H,3-8H2,1-2H3/t10-/m0/s1. The van der Waals surface area contributed by atoms with Gasteiger partial charge in [-0.1, -0.05) is 20.3 Å². The Bertz CT molecular complexity index is 149. The van der Waals surface area contributed by atoms with E-state index in [9.17, 15) is 0 Å². The van der Waals surface area contributed by atoms with Gasteiger partial charge >= 0.3 is 0 Å². The molecule has 0 N–H and O–H groups in total. The molecule has 1 nitrogen and oxygen atoms in total. The van der Waals surface area contributed by atoms with Gasteiger partial charge in [-0.15, -0.1) is 0 Å². The number of nitrogens with zero attached hydrogens (tertiary/aromatic N) is 1. The van der Waals surface area contributed by atoms with Crippen molar-refractivity contribution in [3.05, 3.63) is 0 Å². The lowest BCUT2D eigenvalue weighted by Gasteiger charge is -2.34. The minimum Gasteiger partial charge on any atom is -0.300 e. The van der Waals surface area contributed by atoms with Crippen LogP contribution < -0.4 is 0 Å². The van der Waals surface area contributed by atoms with Crippen molar-refractivity contribution in [2.24, 2.45) is 11.8 Å². The molecule has 2 aliphatic rings. The van der Waals surface area contributed by atoms with E-state index >= 15 is 0 Å². The highest BCUT2D eigenvalue weighted by atomic mass is 15.2. The SMILES string of the molecule is CC(C)[C@H]1CCN(C2CCC2)C1. The molecule has 12 heavy (non-hydrogen) atoms. The van der Waals surface area contributed by atoms with Crippen LogP contribution in [-0.4, -0.2) is 24.0 Å². The predicted molar refractivity (Wildman–Crippen MR) is 52.2 cm³/mol.